The van der Waals surface area contributed by atoms with Crippen LogP contribution in [0, 0.1) is 0 Å². The molecular weight excluding hydrogens is 276 g/mol. The molecule has 1 aliphatic heterocycles. The fourth-order valence-corrected chi connectivity index (χ4v) is 1.97. The number of benzene rings is 1. The third-order valence-corrected chi connectivity index (χ3v) is 2.74. The van der Waals surface area contributed by atoms with Gasteiger partial charge in [0.1, 0.15) is 5.56 Å². The molecule has 102 valence electrons. The molecule has 1 aromatic carbocycles. The molecule has 0 atom stereocenters. The summed E-state index contributed by atoms with van der Waals surface area (Å²) in [5.41, 5.74) is -0.0825. The Morgan fingerprint density at radius 1 is 1.42 bits per heavy atom. The molecule has 1 heterocycles. The van der Waals surface area contributed by atoms with Gasteiger partial charge in [-0.3, -0.25) is 4.79 Å². The molecule has 6 nitrogen and oxygen atoms in total. The molecule has 0 N–H and O–H groups in total. The standard InChI is InChI=1S/C12H11ClO6/c1-3-17-12(15)9(14)8-10(16-2)6(13)4-7-11(8)19-5-18-7/h4H,3,5H2,1-2H3. The van der Waals surface area contributed by atoms with Gasteiger partial charge in [0.25, 0.3) is 5.78 Å². The molecule has 0 amide bonds. The summed E-state index contributed by atoms with van der Waals surface area (Å²) in [6, 6.07) is 1.46. The summed E-state index contributed by atoms with van der Waals surface area (Å²) < 4.78 is 20.1. The Bertz CT molecular complexity index is 536. The van der Waals surface area contributed by atoms with Crippen molar-refractivity contribution in [3.63, 3.8) is 0 Å². The van der Waals surface area contributed by atoms with E-state index in [9.17, 15) is 9.59 Å². The molecule has 7 heteroatoms. The van der Waals surface area contributed by atoms with Crippen LogP contribution < -0.4 is 14.2 Å². The van der Waals surface area contributed by atoms with Gasteiger partial charge in [-0.25, -0.2) is 4.79 Å². The third-order valence-electron chi connectivity index (χ3n) is 2.46. The SMILES string of the molecule is CCOC(=O)C(=O)c1c(OC)c(Cl)cc2c1OCO2. The minimum atomic E-state index is -0.999. The zero-order chi connectivity index (χ0) is 14.0. The van der Waals surface area contributed by atoms with E-state index in [1.807, 2.05) is 0 Å². The van der Waals surface area contributed by atoms with Crippen molar-refractivity contribution < 1.29 is 28.5 Å². The van der Waals surface area contributed by atoms with Gasteiger partial charge in [0, 0.05) is 6.07 Å². The number of hydrogen-bond acceptors (Lipinski definition) is 6. The van der Waals surface area contributed by atoms with Crippen LogP contribution in [0.4, 0.5) is 0 Å². The lowest BCUT2D eigenvalue weighted by molar-refractivity contribution is -0.137. The third kappa shape index (κ3) is 2.31. The highest BCUT2D eigenvalue weighted by Crippen LogP contribution is 2.45. The number of rotatable bonds is 4. The van der Waals surface area contributed by atoms with Crippen LogP contribution in [0.25, 0.3) is 0 Å². The van der Waals surface area contributed by atoms with Crippen LogP contribution in [0.15, 0.2) is 6.07 Å². The van der Waals surface area contributed by atoms with E-state index in [4.69, 9.17) is 25.8 Å². The average Bonchev–Trinajstić information content (AvgIpc) is 2.84. The van der Waals surface area contributed by atoms with Gasteiger partial charge in [-0.05, 0) is 6.92 Å². The smallest absolute Gasteiger partial charge is 0.379 e. The molecule has 0 bridgehead atoms. The molecule has 0 spiro atoms. The summed E-state index contributed by atoms with van der Waals surface area (Å²) in [5.74, 6) is -1.40. The van der Waals surface area contributed by atoms with Crippen LogP contribution in [-0.4, -0.2) is 32.3 Å². The molecule has 0 aliphatic carbocycles. The van der Waals surface area contributed by atoms with Crippen LogP contribution >= 0.6 is 11.6 Å². The van der Waals surface area contributed by atoms with Gasteiger partial charge in [-0.2, -0.15) is 0 Å². The average molecular weight is 287 g/mol. The van der Waals surface area contributed by atoms with Gasteiger partial charge in [0.05, 0.1) is 18.7 Å². The number of fused-ring (bicyclic) bond motifs is 1. The van der Waals surface area contributed by atoms with Crippen molar-refractivity contribution in [1.29, 1.82) is 0 Å². The van der Waals surface area contributed by atoms with E-state index in [1.165, 1.54) is 13.2 Å². The first kappa shape index (κ1) is 13.5. The number of halogens is 1. The van der Waals surface area contributed by atoms with Gasteiger partial charge in [0.2, 0.25) is 6.79 Å². The number of methoxy groups -OCH3 is 1. The van der Waals surface area contributed by atoms with E-state index in [-0.39, 0.29) is 35.5 Å². The number of esters is 1. The first-order chi connectivity index (χ1) is 9.10. The first-order valence-electron chi connectivity index (χ1n) is 5.47. The van der Waals surface area contributed by atoms with Crippen LogP contribution in [0.5, 0.6) is 17.2 Å². The van der Waals surface area contributed by atoms with Crippen molar-refractivity contribution in [2.75, 3.05) is 20.5 Å². The van der Waals surface area contributed by atoms with E-state index >= 15 is 0 Å². The lowest BCUT2D eigenvalue weighted by Crippen LogP contribution is -2.19. The number of hydrogen-bond donors (Lipinski definition) is 0. The predicted octanol–water partition coefficient (Wildman–Crippen LogP) is 1.82. The van der Waals surface area contributed by atoms with Crippen molar-refractivity contribution in [3.8, 4) is 17.2 Å². The monoisotopic (exact) mass is 286 g/mol. The minimum Gasteiger partial charge on any atom is -0.494 e. The second kappa shape index (κ2) is 5.36. The van der Waals surface area contributed by atoms with Gasteiger partial charge in [-0.15, -0.1) is 0 Å². The fourth-order valence-electron chi connectivity index (χ4n) is 1.70. The van der Waals surface area contributed by atoms with E-state index in [0.29, 0.717) is 5.75 Å². The van der Waals surface area contributed by atoms with E-state index in [1.54, 1.807) is 6.92 Å². The number of ether oxygens (including phenoxy) is 4. The Labute approximate surface area is 114 Å². The molecule has 0 radical (unpaired) electrons. The van der Waals surface area contributed by atoms with Crippen molar-refractivity contribution in [1.82, 2.24) is 0 Å². The van der Waals surface area contributed by atoms with Crippen molar-refractivity contribution in [3.05, 3.63) is 16.7 Å². The van der Waals surface area contributed by atoms with Gasteiger partial charge >= 0.3 is 5.97 Å². The summed E-state index contributed by atoms with van der Waals surface area (Å²) in [5, 5.41) is 0.152. The molecule has 1 aliphatic rings. The van der Waals surface area contributed by atoms with E-state index < -0.39 is 11.8 Å². The Balaban J connectivity index is 2.54. The van der Waals surface area contributed by atoms with E-state index in [0.717, 1.165) is 0 Å². The highest BCUT2D eigenvalue weighted by molar-refractivity contribution is 6.43. The maximum atomic E-state index is 12.1. The zero-order valence-electron chi connectivity index (χ0n) is 10.3. The topological polar surface area (TPSA) is 71.1 Å². The lowest BCUT2D eigenvalue weighted by atomic mass is 10.1. The van der Waals surface area contributed by atoms with Crippen LogP contribution in [0.2, 0.25) is 5.02 Å². The molecule has 19 heavy (non-hydrogen) atoms. The predicted molar refractivity (Wildman–Crippen MR) is 65.1 cm³/mol. The van der Waals surface area contributed by atoms with Gasteiger partial charge in [0.15, 0.2) is 17.2 Å². The molecule has 0 saturated heterocycles. The largest absolute Gasteiger partial charge is 0.494 e. The van der Waals surface area contributed by atoms with Crippen LogP contribution in [-0.2, 0) is 9.53 Å². The fraction of sp³-hybridized carbons (Fsp3) is 0.333. The Morgan fingerprint density at radius 2 is 2.16 bits per heavy atom. The number of carbonyl (C=O) groups is 2. The number of carbonyl (C=O) groups excluding carboxylic acids is 2. The molecule has 0 aromatic heterocycles. The van der Waals surface area contributed by atoms with Crippen LogP contribution in [0.3, 0.4) is 0 Å². The molecule has 0 saturated carbocycles. The normalized spacial score (nSPS) is 12.2. The summed E-state index contributed by atoms with van der Waals surface area (Å²) in [4.78, 5) is 23.6. The second-order valence-corrected chi connectivity index (χ2v) is 3.96. The highest BCUT2D eigenvalue weighted by atomic mass is 35.5. The Morgan fingerprint density at radius 3 is 2.79 bits per heavy atom. The van der Waals surface area contributed by atoms with Crippen molar-refractivity contribution in [2.45, 2.75) is 6.92 Å². The molecular formula is C12H11ClO6. The quantitative estimate of drug-likeness (QED) is 0.478. The Kier molecular flexibility index (Phi) is 3.80. The maximum absolute atomic E-state index is 12.1. The second-order valence-electron chi connectivity index (χ2n) is 3.55. The highest BCUT2D eigenvalue weighted by Gasteiger charge is 2.33. The zero-order valence-corrected chi connectivity index (χ0v) is 11.1. The number of Topliss-reactive ketones (excluding diaryl/α,β-unsaturated/α-hetero) is 1. The lowest BCUT2D eigenvalue weighted by Gasteiger charge is -2.11. The van der Waals surface area contributed by atoms with Crippen molar-refractivity contribution >= 4 is 23.4 Å². The van der Waals surface area contributed by atoms with Gasteiger partial charge in [-0.1, -0.05) is 11.6 Å². The molecule has 1 aromatic rings. The maximum Gasteiger partial charge on any atom is 0.379 e. The molecule has 0 fully saturated rings. The summed E-state index contributed by atoms with van der Waals surface area (Å²) in [6.45, 7) is 1.64. The summed E-state index contributed by atoms with van der Waals surface area (Å²) in [7, 11) is 1.34. The van der Waals surface area contributed by atoms with Crippen LogP contribution in [0.1, 0.15) is 17.3 Å². The summed E-state index contributed by atoms with van der Waals surface area (Å²) in [6.07, 6.45) is 0. The number of ketones is 1. The molecule has 0 unspecified atom stereocenters. The first-order valence-corrected chi connectivity index (χ1v) is 5.85. The van der Waals surface area contributed by atoms with Gasteiger partial charge < -0.3 is 18.9 Å². The Hall–Kier alpha value is -1.95. The van der Waals surface area contributed by atoms with E-state index in [2.05, 4.69) is 4.74 Å². The summed E-state index contributed by atoms with van der Waals surface area (Å²) >= 11 is 5.97. The van der Waals surface area contributed by atoms with Crippen molar-refractivity contribution in [2.24, 2.45) is 0 Å². The molecule has 2 rings (SSSR count). The minimum absolute atomic E-state index is 0.0536.